The standard InChI is InChI=1S/C16H28N2O2S/c1-5-6-8-14(4)18-21(19,20)16-10-7-9-15(11-16)12-17-13(2)3/h7,9-11,13-14,17-18H,5-6,8,12H2,1-4H3. The average molecular weight is 312 g/mol. The molecule has 0 spiro atoms. The Hall–Kier alpha value is -0.910. The quantitative estimate of drug-likeness (QED) is 0.737. The van der Waals surface area contributed by atoms with Crippen LogP contribution in [0.1, 0.15) is 52.5 Å². The fourth-order valence-electron chi connectivity index (χ4n) is 2.05. The number of hydrogen-bond acceptors (Lipinski definition) is 3. The summed E-state index contributed by atoms with van der Waals surface area (Å²) in [5, 5.41) is 3.29. The highest BCUT2D eigenvalue weighted by Crippen LogP contribution is 2.13. The van der Waals surface area contributed by atoms with E-state index in [2.05, 4.69) is 30.8 Å². The topological polar surface area (TPSA) is 58.2 Å². The van der Waals surface area contributed by atoms with Gasteiger partial charge in [0.2, 0.25) is 10.0 Å². The Morgan fingerprint density at radius 2 is 1.90 bits per heavy atom. The van der Waals surface area contributed by atoms with Gasteiger partial charge in [0.05, 0.1) is 4.90 Å². The van der Waals surface area contributed by atoms with E-state index in [1.807, 2.05) is 13.0 Å². The zero-order valence-electron chi connectivity index (χ0n) is 13.5. The highest BCUT2D eigenvalue weighted by atomic mass is 32.2. The molecule has 0 bridgehead atoms. The van der Waals surface area contributed by atoms with Crippen molar-refractivity contribution in [1.82, 2.24) is 10.0 Å². The molecule has 0 saturated heterocycles. The van der Waals surface area contributed by atoms with E-state index in [-0.39, 0.29) is 6.04 Å². The molecule has 0 fully saturated rings. The first-order valence-corrected chi connectivity index (χ1v) is 9.18. The zero-order chi connectivity index (χ0) is 15.9. The van der Waals surface area contributed by atoms with Crippen molar-refractivity contribution in [3.05, 3.63) is 29.8 Å². The monoisotopic (exact) mass is 312 g/mol. The average Bonchev–Trinajstić information content (AvgIpc) is 2.43. The third kappa shape index (κ3) is 6.59. The molecule has 0 radical (unpaired) electrons. The van der Waals surface area contributed by atoms with Gasteiger partial charge < -0.3 is 5.32 Å². The van der Waals surface area contributed by atoms with Crippen molar-refractivity contribution in [1.29, 1.82) is 0 Å². The molecule has 1 aromatic rings. The van der Waals surface area contributed by atoms with Crippen LogP contribution in [0.15, 0.2) is 29.2 Å². The van der Waals surface area contributed by atoms with Gasteiger partial charge in [-0.2, -0.15) is 0 Å². The van der Waals surface area contributed by atoms with E-state index in [0.29, 0.717) is 17.5 Å². The molecule has 21 heavy (non-hydrogen) atoms. The van der Waals surface area contributed by atoms with Gasteiger partial charge in [-0.15, -0.1) is 0 Å². The van der Waals surface area contributed by atoms with Gasteiger partial charge >= 0.3 is 0 Å². The Labute approximate surface area is 129 Å². The second-order valence-corrected chi connectivity index (χ2v) is 7.56. The number of rotatable bonds is 9. The lowest BCUT2D eigenvalue weighted by molar-refractivity contribution is 0.534. The third-order valence-electron chi connectivity index (χ3n) is 3.27. The number of unbranched alkanes of at least 4 members (excludes halogenated alkanes) is 1. The minimum Gasteiger partial charge on any atom is -0.310 e. The molecule has 120 valence electrons. The van der Waals surface area contributed by atoms with Gasteiger partial charge in [0.15, 0.2) is 0 Å². The van der Waals surface area contributed by atoms with Crippen molar-refractivity contribution < 1.29 is 8.42 Å². The molecule has 1 unspecified atom stereocenters. The second-order valence-electron chi connectivity index (χ2n) is 5.85. The Kier molecular flexibility index (Phi) is 7.35. The van der Waals surface area contributed by atoms with Crippen molar-refractivity contribution >= 4 is 10.0 Å². The second kappa shape index (κ2) is 8.51. The van der Waals surface area contributed by atoms with Crippen LogP contribution in [0.4, 0.5) is 0 Å². The van der Waals surface area contributed by atoms with Gasteiger partial charge in [-0.3, -0.25) is 0 Å². The fraction of sp³-hybridized carbons (Fsp3) is 0.625. The lowest BCUT2D eigenvalue weighted by Crippen LogP contribution is -2.32. The maximum Gasteiger partial charge on any atom is 0.240 e. The summed E-state index contributed by atoms with van der Waals surface area (Å²) in [6.45, 7) is 8.82. The normalized spacial score (nSPS) is 13.6. The van der Waals surface area contributed by atoms with E-state index < -0.39 is 10.0 Å². The van der Waals surface area contributed by atoms with Crippen molar-refractivity contribution in [2.45, 2.75) is 70.5 Å². The van der Waals surface area contributed by atoms with Crippen molar-refractivity contribution in [2.75, 3.05) is 0 Å². The van der Waals surface area contributed by atoms with Gasteiger partial charge in [-0.05, 0) is 31.0 Å². The third-order valence-corrected chi connectivity index (χ3v) is 4.86. The Morgan fingerprint density at radius 1 is 1.19 bits per heavy atom. The first kappa shape index (κ1) is 18.1. The summed E-state index contributed by atoms with van der Waals surface area (Å²) in [7, 11) is -3.43. The smallest absolute Gasteiger partial charge is 0.240 e. The molecule has 0 aliphatic carbocycles. The van der Waals surface area contributed by atoms with Crippen molar-refractivity contribution in [2.24, 2.45) is 0 Å². The van der Waals surface area contributed by atoms with E-state index in [9.17, 15) is 8.42 Å². The van der Waals surface area contributed by atoms with E-state index >= 15 is 0 Å². The zero-order valence-corrected chi connectivity index (χ0v) is 14.3. The molecule has 4 nitrogen and oxygen atoms in total. The molecule has 0 amide bonds. The lowest BCUT2D eigenvalue weighted by Gasteiger charge is -2.15. The molecular formula is C16H28N2O2S. The highest BCUT2D eigenvalue weighted by Gasteiger charge is 2.17. The van der Waals surface area contributed by atoms with Crippen molar-refractivity contribution in [3.63, 3.8) is 0 Å². The summed E-state index contributed by atoms with van der Waals surface area (Å²) < 4.78 is 27.5. The maximum absolute atomic E-state index is 12.4. The minimum atomic E-state index is -3.43. The SMILES string of the molecule is CCCCC(C)NS(=O)(=O)c1cccc(CNC(C)C)c1. The first-order chi connectivity index (χ1) is 9.85. The van der Waals surface area contributed by atoms with Gasteiger partial charge in [-0.1, -0.05) is 45.7 Å². The molecule has 1 atom stereocenters. The molecule has 0 heterocycles. The summed E-state index contributed by atoms with van der Waals surface area (Å²) in [6, 6.07) is 7.46. The summed E-state index contributed by atoms with van der Waals surface area (Å²) in [5.41, 5.74) is 0.979. The molecule has 1 aromatic carbocycles. The maximum atomic E-state index is 12.4. The van der Waals surface area contributed by atoms with E-state index in [1.165, 1.54) is 0 Å². The largest absolute Gasteiger partial charge is 0.310 e. The Morgan fingerprint density at radius 3 is 2.52 bits per heavy atom. The molecule has 0 aliphatic heterocycles. The number of nitrogens with one attached hydrogen (secondary N) is 2. The molecule has 0 saturated carbocycles. The fourth-order valence-corrected chi connectivity index (χ4v) is 3.39. The highest BCUT2D eigenvalue weighted by molar-refractivity contribution is 7.89. The van der Waals surface area contributed by atoms with Crippen molar-refractivity contribution in [3.8, 4) is 0 Å². The minimum absolute atomic E-state index is 0.0348. The van der Waals surface area contributed by atoms with Crippen LogP contribution in [0.2, 0.25) is 0 Å². The van der Waals surface area contributed by atoms with Crippen LogP contribution in [-0.2, 0) is 16.6 Å². The lowest BCUT2D eigenvalue weighted by atomic mass is 10.2. The molecular weight excluding hydrogens is 284 g/mol. The molecule has 1 rings (SSSR count). The van der Waals surface area contributed by atoms with Crippen LogP contribution >= 0.6 is 0 Å². The van der Waals surface area contributed by atoms with Crippen LogP contribution in [0.25, 0.3) is 0 Å². The predicted octanol–water partition coefficient (Wildman–Crippen LogP) is 3.04. The molecule has 0 aromatic heterocycles. The van der Waals surface area contributed by atoms with Gasteiger partial charge in [0.1, 0.15) is 0 Å². The van der Waals surface area contributed by atoms with Crippen LogP contribution in [0.3, 0.4) is 0 Å². The van der Waals surface area contributed by atoms with Crippen LogP contribution < -0.4 is 10.0 Å². The molecule has 0 aliphatic rings. The predicted molar refractivity (Wildman–Crippen MR) is 87.7 cm³/mol. The number of hydrogen-bond donors (Lipinski definition) is 2. The van der Waals surface area contributed by atoms with Gasteiger partial charge in [0, 0.05) is 18.6 Å². The molecule has 2 N–H and O–H groups in total. The van der Waals surface area contributed by atoms with Gasteiger partial charge in [0.25, 0.3) is 0 Å². The van der Waals surface area contributed by atoms with Crippen LogP contribution in [-0.4, -0.2) is 20.5 Å². The summed E-state index contributed by atoms with van der Waals surface area (Å²) >= 11 is 0. The Balaban J connectivity index is 2.76. The summed E-state index contributed by atoms with van der Waals surface area (Å²) in [6.07, 6.45) is 2.97. The summed E-state index contributed by atoms with van der Waals surface area (Å²) in [5.74, 6) is 0. The number of sulfonamides is 1. The Bertz CT molecular complexity index is 527. The number of benzene rings is 1. The molecule has 5 heteroatoms. The van der Waals surface area contributed by atoms with E-state index in [4.69, 9.17) is 0 Å². The van der Waals surface area contributed by atoms with Crippen LogP contribution in [0, 0.1) is 0 Å². The summed E-state index contributed by atoms with van der Waals surface area (Å²) in [4.78, 5) is 0.342. The first-order valence-electron chi connectivity index (χ1n) is 7.69. The van der Waals surface area contributed by atoms with Gasteiger partial charge in [-0.25, -0.2) is 13.1 Å². The van der Waals surface area contributed by atoms with Crippen LogP contribution in [0.5, 0.6) is 0 Å². The van der Waals surface area contributed by atoms with E-state index in [1.54, 1.807) is 18.2 Å². The van der Waals surface area contributed by atoms with E-state index in [0.717, 1.165) is 24.8 Å².